The number of nitrogens with zero attached hydrogens (tertiary/aromatic N) is 1. The molecular formula is C14H20N2O3. The van der Waals surface area contributed by atoms with Crippen LogP contribution >= 0.6 is 0 Å². The summed E-state index contributed by atoms with van der Waals surface area (Å²) < 4.78 is 0. The van der Waals surface area contributed by atoms with Gasteiger partial charge in [-0.1, -0.05) is 12.1 Å². The Morgan fingerprint density at radius 2 is 1.84 bits per heavy atom. The molecule has 1 aromatic carbocycles. The maximum Gasteiger partial charge on any atom is 0.335 e. The molecule has 0 unspecified atom stereocenters. The fraction of sp³-hybridized carbons (Fsp3) is 0.429. The van der Waals surface area contributed by atoms with Crippen molar-refractivity contribution in [3.05, 3.63) is 35.4 Å². The zero-order valence-electron chi connectivity index (χ0n) is 11.5. The summed E-state index contributed by atoms with van der Waals surface area (Å²) in [7, 11) is 1.89. The Labute approximate surface area is 113 Å². The summed E-state index contributed by atoms with van der Waals surface area (Å²) in [5, 5.41) is 11.6. The number of benzene rings is 1. The highest BCUT2D eigenvalue weighted by Crippen LogP contribution is 2.04. The smallest absolute Gasteiger partial charge is 0.335 e. The van der Waals surface area contributed by atoms with Gasteiger partial charge in [0, 0.05) is 12.6 Å². The molecule has 5 nitrogen and oxygen atoms in total. The van der Waals surface area contributed by atoms with Crippen LogP contribution in [-0.4, -0.2) is 41.5 Å². The highest BCUT2D eigenvalue weighted by atomic mass is 16.4. The van der Waals surface area contributed by atoms with Crippen LogP contribution in [0.4, 0.5) is 0 Å². The van der Waals surface area contributed by atoms with Crippen molar-refractivity contribution < 1.29 is 14.7 Å². The molecule has 1 amide bonds. The van der Waals surface area contributed by atoms with Gasteiger partial charge in [0.2, 0.25) is 5.91 Å². The first-order valence-corrected chi connectivity index (χ1v) is 6.19. The summed E-state index contributed by atoms with van der Waals surface area (Å²) in [5.41, 5.74) is 1.13. The normalized spacial score (nSPS) is 10.8. The third-order valence-corrected chi connectivity index (χ3v) is 2.97. The van der Waals surface area contributed by atoms with Crippen LogP contribution in [0.15, 0.2) is 24.3 Å². The van der Waals surface area contributed by atoms with E-state index in [0.29, 0.717) is 19.1 Å². The molecular weight excluding hydrogens is 244 g/mol. The lowest BCUT2D eigenvalue weighted by atomic mass is 10.1. The molecule has 1 aromatic rings. The third-order valence-electron chi connectivity index (χ3n) is 2.97. The molecule has 0 saturated heterocycles. The first kappa shape index (κ1) is 15.2. The Balaban J connectivity index is 2.44. The lowest BCUT2D eigenvalue weighted by molar-refractivity contribution is -0.122. The van der Waals surface area contributed by atoms with Gasteiger partial charge in [0.15, 0.2) is 0 Å². The molecule has 0 aliphatic carbocycles. The molecule has 0 aliphatic heterocycles. The van der Waals surface area contributed by atoms with Crippen molar-refractivity contribution in [3.8, 4) is 0 Å². The van der Waals surface area contributed by atoms with Crippen LogP contribution < -0.4 is 5.32 Å². The van der Waals surface area contributed by atoms with Crippen LogP contribution in [0.3, 0.4) is 0 Å². The van der Waals surface area contributed by atoms with Crippen LogP contribution in [0.1, 0.15) is 29.8 Å². The van der Waals surface area contributed by atoms with Crippen molar-refractivity contribution in [2.24, 2.45) is 0 Å². The zero-order chi connectivity index (χ0) is 14.4. The van der Waals surface area contributed by atoms with Crippen LogP contribution in [0.2, 0.25) is 0 Å². The Bertz CT molecular complexity index is 441. The Hall–Kier alpha value is -1.88. The fourth-order valence-electron chi connectivity index (χ4n) is 1.43. The molecule has 0 aliphatic rings. The number of aromatic carboxylic acids is 1. The minimum atomic E-state index is -0.950. The van der Waals surface area contributed by atoms with Crippen LogP contribution in [0, 0.1) is 0 Å². The van der Waals surface area contributed by atoms with Crippen LogP contribution in [0.25, 0.3) is 0 Å². The van der Waals surface area contributed by atoms with E-state index < -0.39 is 5.97 Å². The molecule has 19 heavy (non-hydrogen) atoms. The quantitative estimate of drug-likeness (QED) is 0.813. The number of carboxylic acid groups (broad SMARTS) is 1. The van der Waals surface area contributed by atoms with E-state index in [-0.39, 0.29) is 11.5 Å². The second kappa shape index (κ2) is 6.89. The SMILES string of the molecule is CC(C)N(C)CC(=O)NCc1ccc(C(=O)O)cc1. The molecule has 0 saturated carbocycles. The predicted octanol–water partition coefficient (Wildman–Crippen LogP) is 1.34. The van der Waals surface area contributed by atoms with Gasteiger partial charge in [-0.05, 0) is 38.6 Å². The summed E-state index contributed by atoms with van der Waals surface area (Å²) in [6.45, 7) is 4.81. The van der Waals surface area contributed by atoms with E-state index >= 15 is 0 Å². The van der Waals surface area contributed by atoms with E-state index in [1.807, 2.05) is 25.8 Å². The summed E-state index contributed by atoms with van der Waals surface area (Å²) in [6.07, 6.45) is 0. The summed E-state index contributed by atoms with van der Waals surface area (Å²) in [4.78, 5) is 24.3. The molecule has 104 valence electrons. The van der Waals surface area contributed by atoms with Gasteiger partial charge in [-0.3, -0.25) is 9.69 Å². The molecule has 0 bridgehead atoms. The number of hydrogen-bond donors (Lipinski definition) is 2. The van der Waals surface area contributed by atoms with Gasteiger partial charge in [0.05, 0.1) is 12.1 Å². The van der Waals surface area contributed by atoms with Crippen molar-refractivity contribution in [1.29, 1.82) is 0 Å². The maximum absolute atomic E-state index is 11.7. The number of amides is 1. The number of hydrogen-bond acceptors (Lipinski definition) is 3. The predicted molar refractivity (Wildman–Crippen MR) is 73.0 cm³/mol. The lowest BCUT2D eigenvalue weighted by Crippen LogP contribution is -2.38. The first-order valence-electron chi connectivity index (χ1n) is 6.19. The molecule has 0 fully saturated rings. The van der Waals surface area contributed by atoms with Gasteiger partial charge in [0.25, 0.3) is 0 Å². The number of nitrogens with one attached hydrogen (secondary N) is 1. The van der Waals surface area contributed by atoms with Gasteiger partial charge in [-0.25, -0.2) is 4.79 Å². The number of carbonyl (C=O) groups is 2. The van der Waals surface area contributed by atoms with Gasteiger partial charge in [0.1, 0.15) is 0 Å². The van der Waals surface area contributed by atoms with Gasteiger partial charge in [-0.15, -0.1) is 0 Å². The molecule has 0 aromatic heterocycles. The van der Waals surface area contributed by atoms with Crippen molar-refractivity contribution in [2.75, 3.05) is 13.6 Å². The molecule has 2 N–H and O–H groups in total. The van der Waals surface area contributed by atoms with Gasteiger partial charge in [-0.2, -0.15) is 0 Å². The monoisotopic (exact) mass is 264 g/mol. The van der Waals surface area contributed by atoms with Crippen molar-refractivity contribution in [1.82, 2.24) is 10.2 Å². The van der Waals surface area contributed by atoms with E-state index in [4.69, 9.17) is 5.11 Å². The number of likely N-dealkylation sites (N-methyl/N-ethyl adjacent to an activating group) is 1. The average molecular weight is 264 g/mol. The largest absolute Gasteiger partial charge is 0.478 e. The van der Waals surface area contributed by atoms with E-state index in [2.05, 4.69) is 5.32 Å². The maximum atomic E-state index is 11.7. The second-order valence-electron chi connectivity index (χ2n) is 4.79. The molecule has 0 heterocycles. The number of rotatable bonds is 6. The third kappa shape index (κ3) is 5.09. The standard InChI is InChI=1S/C14H20N2O3/c1-10(2)16(3)9-13(17)15-8-11-4-6-12(7-5-11)14(18)19/h4-7,10H,8-9H2,1-3H3,(H,15,17)(H,18,19). The molecule has 0 atom stereocenters. The van der Waals surface area contributed by atoms with Crippen molar-refractivity contribution in [2.45, 2.75) is 26.4 Å². The van der Waals surface area contributed by atoms with Gasteiger partial charge < -0.3 is 10.4 Å². The first-order chi connectivity index (χ1) is 8.90. The van der Waals surface area contributed by atoms with Crippen LogP contribution in [-0.2, 0) is 11.3 Å². The molecule has 0 radical (unpaired) electrons. The van der Waals surface area contributed by atoms with E-state index in [9.17, 15) is 9.59 Å². The summed E-state index contributed by atoms with van der Waals surface area (Å²) in [6, 6.07) is 6.79. The topological polar surface area (TPSA) is 69.6 Å². The van der Waals surface area contributed by atoms with E-state index in [0.717, 1.165) is 5.56 Å². The van der Waals surface area contributed by atoms with E-state index in [1.165, 1.54) is 12.1 Å². The van der Waals surface area contributed by atoms with Gasteiger partial charge >= 0.3 is 5.97 Å². The second-order valence-corrected chi connectivity index (χ2v) is 4.79. The Morgan fingerprint density at radius 1 is 1.26 bits per heavy atom. The number of carboxylic acids is 1. The van der Waals surface area contributed by atoms with Crippen LogP contribution in [0.5, 0.6) is 0 Å². The molecule has 1 rings (SSSR count). The lowest BCUT2D eigenvalue weighted by Gasteiger charge is -2.20. The fourth-order valence-corrected chi connectivity index (χ4v) is 1.43. The number of carbonyl (C=O) groups excluding carboxylic acids is 1. The minimum absolute atomic E-state index is 0.0430. The van der Waals surface area contributed by atoms with Crippen molar-refractivity contribution in [3.63, 3.8) is 0 Å². The van der Waals surface area contributed by atoms with E-state index in [1.54, 1.807) is 12.1 Å². The molecule has 5 heteroatoms. The average Bonchev–Trinajstić information content (AvgIpc) is 2.36. The minimum Gasteiger partial charge on any atom is -0.478 e. The summed E-state index contributed by atoms with van der Waals surface area (Å²) >= 11 is 0. The highest BCUT2D eigenvalue weighted by molar-refractivity contribution is 5.87. The Morgan fingerprint density at radius 3 is 2.32 bits per heavy atom. The zero-order valence-corrected chi connectivity index (χ0v) is 11.5. The Kier molecular flexibility index (Phi) is 5.51. The van der Waals surface area contributed by atoms with Crippen molar-refractivity contribution >= 4 is 11.9 Å². The summed E-state index contributed by atoms with van der Waals surface area (Å²) in [5.74, 6) is -0.993. The highest BCUT2D eigenvalue weighted by Gasteiger charge is 2.09. The molecule has 0 spiro atoms.